The lowest BCUT2D eigenvalue weighted by molar-refractivity contribution is 0.0695. The van der Waals surface area contributed by atoms with Gasteiger partial charge >= 0.3 is 0 Å². The average Bonchev–Trinajstić information content (AvgIpc) is 2.40. The zero-order valence-corrected chi connectivity index (χ0v) is 13.3. The zero-order chi connectivity index (χ0) is 14.9. The first kappa shape index (κ1) is 15.3. The van der Waals surface area contributed by atoms with Crippen LogP contribution < -0.4 is 0 Å². The van der Waals surface area contributed by atoms with Crippen LogP contribution in [0.1, 0.15) is 10.4 Å². The van der Waals surface area contributed by atoms with Crippen molar-refractivity contribution < 1.29 is 18.3 Å². The van der Waals surface area contributed by atoms with Crippen molar-refractivity contribution in [3.8, 4) is 5.75 Å². The number of rotatable bonds is 2. The first-order chi connectivity index (χ1) is 9.29. The highest BCUT2D eigenvalue weighted by molar-refractivity contribution is 9.10. The number of aromatic hydroxyl groups is 1. The van der Waals surface area contributed by atoms with Crippen molar-refractivity contribution in [2.75, 3.05) is 32.4 Å². The maximum Gasteiger partial charge on any atom is 0.257 e. The highest BCUT2D eigenvalue weighted by Crippen LogP contribution is 2.23. The number of amides is 1. The smallest absolute Gasteiger partial charge is 0.257 e. The van der Waals surface area contributed by atoms with Crippen LogP contribution in [0.4, 0.5) is 0 Å². The summed E-state index contributed by atoms with van der Waals surface area (Å²) in [4.78, 5) is 13.9. The second-order valence-corrected chi connectivity index (χ2v) is 7.51. The Balaban J connectivity index is 2.11. The number of piperazine rings is 1. The Morgan fingerprint density at radius 2 is 1.85 bits per heavy atom. The highest BCUT2D eigenvalue weighted by atomic mass is 79.9. The molecule has 1 heterocycles. The molecule has 0 saturated carbocycles. The molecule has 0 spiro atoms. The number of carbonyl (C=O) groups excluding carboxylic acids is 1. The number of sulfonamides is 1. The number of nitrogens with zero attached hydrogens (tertiary/aromatic N) is 2. The zero-order valence-electron chi connectivity index (χ0n) is 10.9. The van der Waals surface area contributed by atoms with Crippen molar-refractivity contribution >= 4 is 31.9 Å². The number of benzene rings is 1. The number of halogens is 1. The Hall–Kier alpha value is -1.12. The van der Waals surface area contributed by atoms with E-state index < -0.39 is 10.0 Å². The Labute approximate surface area is 126 Å². The number of phenols is 1. The van der Waals surface area contributed by atoms with Gasteiger partial charge in [0.15, 0.2) is 0 Å². The maximum absolute atomic E-state index is 12.3. The van der Waals surface area contributed by atoms with Crippen LogP contribution in [0, 0.1) is 0 Å². The monoisotopic (exact) mass is 362 g/mol. The molecule has 1 aliphatic heterocycles. The first-order valence-corrected chi connectivity index (χ1v) is 8.66. The Morgan fingerprint density at radius 3 is 2.40 bits per heavy atom. The topological polar surface area (TPSA) is 77.9 Å². The minimum atomic E-state index is -3.22. The number of carbonyl (C=O) groups is 1. The van der Waals surface area contributed by atoms with Crippen LogP contribution in [0.15, 0.2) is 22.7 Å². The number of phenolic OH excluding ortho intramolecular Hbond substituents is 1. The van der Waals surface area contributed by atoms with Crippen molar-refractivity contribution in [1.29, 1.82) is 0 Å². The fraction of sp³-hybridized carbons (Fsp3) is 0.417. The highest BCUT2D eigenvalue weighted by Gasteiger charge is 2.27. The second kappa shape index (κ2) is 5.71. The summed E-state index contributed by atoms with van der Waals surface area (Å²) >= 11 is 3.25. The molecule has 0 aliphatic carbocycles. The van der Waals surface area contributed by atoms with Gasteiger partial charge in [-0.1, -0.05) is 15.9 Å². The van der Waals surface area contributed by atoms with Crippen molar-refractivity contribution in [2.45, 2.75) is 0 Å². The molecule has 6 nitrogen and oxygen atoms in total. The van der Waals surface area contributed by atoms with E-state index >= 15 is 0 Å². The summed E-state index contributed by atoms with van der Waals surface area (Å²) in [6.45, 7) is 1.19. The van der Waals surface area contributed by atoms with E-state index in [1.165, 1.54) is 10.4 Å². The Kier molecular flexibility index (Phi) is 4.36. The second-order valence-electron chi connectivity index (χ2n) is 4.62. The van der Waals surface area contributed by atoms with Crippen LogP contribution in [-0.4, -0.2) is 61.1 Å². The van der Waals surface area contributed by atoms with E-state index in [0.29, 0.717) is 17.6 Å². The summed E-state index contributed by atoms with van der Waals surface area (Å²) in [6.07, 6.45) is 1.16. The van der Waals surface area contributed by atoms with Gasteiger partial charge in [-0.3, -0.25) is 4.79 Å². The third-order valence-corrected chi connectivity index (χ3v) is 4.98. The lowest BCUT2D eigenvalue weighted by Crippen LogP contribution is -2.50. The maximum atomic E-state index is 12.3. The molecule has 110 valence electrons. The summed E-state index contributed by atoms with van der Waals surface area (Å²) in [5, 5.41) is 9.74. The van der Waals surface area contributed by atoms with Crippen LogP contribution >= 0.6 is 15.9 Å². The molecular formula is C12H15BrN2O4S. The molecule has 1 fully saturated rings. The van der Waals surface area contributed by atoms with Gasteiger partial charge in [0.25, 0.3) is 5.91 Å². The van der Waals surface area contributed by atoms with Crippen LogP contribution in [0.3, 0.4) is 0 Å². The van der Waals surface area contributed by atoms with Crippen LogP contribution in [-0.2, 0) is 10.0 Å². The molecule has 0 unspecified atom stereocenters. The third-order valence-electron chi connectivity index (χ3n) is 3.18. The van der Waals surface area contributed by atoms with Crippen LogP contribution in [0.5, 0.6) is 5.75 Å². The van der Waals surface area contributed by atoms with Gasteiger partial charge in [-0.25, -0.2) is 8.42 Å². The summed E-state index contributed by atoms with van der Waals surface area (Å²) in [7, 11) is -3.22. The standard InChI is InChI=1S/C12H15BrN2O4S/c1-20(18,19)15-6-4-14(5-7-15)12(17)10-8-9(13)2-3-11(10)16/h2-3,8,16H,4-7H2,1H3. The molecule has 1 aliphatic rings. The predicted molar refractivity (Wildman–Crippen MR) is 78.1 cm³/mol. The van der Waals surface area contributed by atoms with E-state index in [4.69, 9.17) is 0 Å². The van der Waals surface area contributed by atoms with Crippen molar-refractivity contribution in [2.24, 2.45) is 0 Å². The predicted octanol–water partition coefficient (Wildman–Crippen LogP) is 0.872. The van der Waals surface area contributed by atoms with Crippen molar-refractivity contribution in [3.05, 3.63) is 28.2 Å². The third kappa shape index (κ3) is 3.31. The number of hydrogen-bond donors (Lipinski definition) is 1. The van der Waals surface area contributed by atoms with E-state index in [2.05, 4.69) is 15.9 Å². The van der Waals surface area contributed by atoms with E-state index in [9.17, 15) is 18.3 Å². The van der Waals surface area contributed by atoms with E-state index in [-0.39, 0.29) is 30.3 Å². The molecule has 0 radical (unpaired) electrons. The molecule has 0 aromatic heterocycles. The first-order valence-electron chi connectivity index (χ1n) is 6.02. The fourth-order valence-electron chi connectivity index (χ4n) is 2.07. The molecule has 0 atom stereocenters. The summed E-state index contributed by atoms with van der Waals surface area (Å²) in [5.74, 6) is -0.374. The van der Waals surface area contributed by atoms with E-state index in [0.717, 1.165) is 6.26 Å². The summed E-state index contributed by atoms with van der Waals surface area (Å²) in [6, 6.07) is 4.65. The molecule has 8 heteroatoms. The molecule has 1 aromatic carbocycles. The van der Waals surface area contributed by atoms with E-state index in [1.54, 1.807) is 17.0 Å². The molecule has 0 bridgehead atoms. The molecule has 20 heavy (non-hydrogen) atoms. The fourth-order valence-corrected chi connectivity index (χ4v) is 3.26. The van der Waals surface area contributed by atoms with Gasteiger partial charge in [0.2, 0.25) is 10.0 Å². The van der Waals surface area contributed by atoms with Crippen LogP contribution in [0.25, 0.3) is 0 Å². The van der Waals surface area contributed by atoms with Gasteiger partial charge in [0.05, 0.1) is 11.8 Å². The molecule has 2 rings (SSSR count). The summed E-state index contributed by atoms with van der Waals surface area (Å²) in [5.41, 5.74) is 0.215. The van der Waals surface area contributed by atoms with Crippen molar-refractivity contribution in [3.63, 3.8) is 0 Å². The molecule has 1 aromatic rings. The minimum absolute atomic E-state index is 0.0799. The van der Waals surface area contributed by atoms with Gasteiger partial charge in [0.1, 0.15) is 5.75 Å². The van der Waals surface area contributed by atoms with Gasteiger partial charge in [0, 0.05) is 30.7 Å². The van der Waals surface area contributed by atoms with Gasteiger partial charge in [-0.15, -0.1) is 0 Å². The lowest BCUT2D eigenvalue weighted by Gasteiger charge is -2.33. The van der Waals surface area contributed by atoms with E-state index in [1.807, 2.05) is 0 Å². The Morgan fingerprint density at radius 1 is 1.25 bits per heavy atom. The number of hydrogen-bond acceptors (Lipinski definition) is 4. The van der Waals surface area contributed by atoms with Crippen molar-refractivity contribution in [1.82, 2.24) is 9.21 Å². The minimum Gasteiger partial charge on any atom is -0.507 e. The molecule has 1 N–H and O–H groups in total. The molecule has 1 amide bonds. The SMILES string of the molecule is CS(=O)(=O)N1CCN(C(=O)c2cc(Br)ccc2O)CC1. The van der Waals surface area contributed by atoms with Gasteiger partial charge in [-0.2, -0.15) is 4.31 Å². The summed E-state index contributed by atoms with van der Waals surface area (Å²) < 4.78 is 24.9. The van der Waals surface area contributed by atoms with Gasteiger partial charge < -0.3 is 10.0 Å². The Bertz CT molecular complexity index is 624. The lowest BCUT2D eigenvalue weighted by atomic mass is 10.1. The average molecular weight is 363 g/mol. The van der Waals surface area contributed by atoms with Gasteiger partial charge in [-0.05, 0) is 18.2 Å². The van der Waals surface area contributed by atoms with Crippen LogP contribution in [0.2, 0.25) is 0 Å². The largest absolute Gasteiger partial charge is 0.507 e. The molecular weight excluding hydrogens is 348 g/mol. The quantitative estimate of drug-likeness (QED) is 0.846. The molecule has 1 saturated heterocycles. The normalized spacial score (nSPS) is 17.2.